The molecule has 1 fully saturated rings. The molecule has 2 atom stereocenters. The molecular formula is C24H25F5O3S. The van der Waals surface area contributed by atoms with Gasteiger partial charge in [-0.3, -0.25) is 0 Å². The zero-order valence-corrected chi connectivity index (χ0v) is 19.1. The van der Waals surface area contributed by atoms with E-state index < -0.39 is 40.5 Å². The second kappa shape index (κ2) is 10.1. The topological polar surface area (TPSA) is 38.7 Å². The van der Waals surface area contributed by atoms with Crippen LogP contribution in [0.5, 0.6) is 0 Å². The van der Waals surface area contributed by atoms with Crippen LogP contribution in [-0.2, 0) is 21.3 Å². The zero-order chi connectivity index (χ0) is 24.4. The summed E-state index contributed by atoms with van der Waals surface area (Å²) in [6, 6.07) is 7.88. The van der Waals surface area contributed by atoms with Crippen molar-refractivity contribution in [1.29, 1.82) is 0 Å². The summed E-state index contributed by atoms with van der Waals surface area (Å²) in [6.07, 6.45) is -3.33. The lowest BCUT2D eigenvalue weighted by atomic mass is 9.92. The average Bonchev–Trinajstić information content (AvgIpc) is 2.73. The Labute approximate surface area is 193 Å². The molecule has 3 nitrogen and oxygen atoms in total. The van der Waals surface area contributed by atoms with Gasteiger partial charge in [0.2, 0.25) is 0 Å². The minimum atomic E-state index is -4.39. The van der Waals surface area contributed by atoms with Crippen LogP contribution in [0.3, 0.4) is 0 Å². The molecule has 9 heteroatoms. The van der Waals surface area contributed by atoms with E-state index in [9.17, 15) is 27.1 Å². The lowest BCUT2D eigenvalue weighted by Gasteiger charge is -2.36. The van der Waals surface area contributed by atoms with Gasteiger partial charge in [0.05, 0.1) is 24.0 Å². The highest BCUT2D eigenvalue weighted by Crippen LogP contribution is 2.37. The number of thioether (sulfide) groups is 1. The van der Waals surface area contributed by atoms with E-state index in [0.29, 0.717) is 24.4 Å². The molecule has 0 bridgehead atoms. The molecule has 0 amide bonds. The van der Waals surface area contributed by atoms with E-state index in [1.54, 1.807) is 19.9 Å². The van der Waals surface area contributed by atoms with Gasteiger partial charge in [0.25, 0.3) is 0 Å². The Bertz CT molecular complexity index is 981. The van der Waals surface area contributed by atoms with Gasteiger partial charge in [-0.1, -0.05) is 31.2 Å². The third-order valence-electron chi connectivity index (χ3n) is 5.54. The van der Waals surface area contributed by atoms with Crippen LogP contribution in [0.2, 0.25) is 0 Å². The second-order valence-electron chi connectivity index (χ2n) is 8.18. The summed E-state index contributed by atoms with van der Waals surface area (Å²) >= 11 is 1.37. The third-order valence-corrected chi connectivity index (χ3v) is 7.06. The Hall–Kier alpha value is -1.94. The SMILES string of the molecule is C/C(=C/c1ccc(C(F)(F)F)cc1)C1OCC(SC(C)C(C)(O)c2ccc(F)cc2F)CO1. The monoisotopic (exact) mass is 488 g/mol. The number of hydrogen-bond acceptors (Lipinski definition) is 4. The highest BCUT2D eigenvalue weighted by molar-refractivity contribution is 8.00. The Kier molecular flexibility index (Phi) is 7.88. The van der Waals surface area contributed by atoms with Crippen LogP contribution >= 0.6 is 11.8 Å². The molecule has 0 aromatic heterocycles. The summed E-state index contributed by atoms with van der Waals surface area (Å²) in [5, 5.41) is 10.3. The number of rotatable bonds is 6. The Morgan fingerprint density at radius 3 is 2.24 bits per heavy atom. The molecule has 33 heavy (non-hydrogen) atoms. The third kappa shape index (κ3) is 6.35. The fourth-order valence-corrected chi connectivity index (χ4v) is 4.75. The van der Waals surface area contributed by atoms with E-state index in [0.717, 1.165) is 24.3 Å². The summed E-state index contributed by atoms with van der Waals surface area (Å²) in [7, 11) is 0. The summed E-state index contributed by atoms with van der Waals surface area (Å²) in [6.45, 7) is 5.60. The summed E-state index contributed by atoms with van der Waals surface area (Å²) in [4.78, 5) is 0. The number of benzene rings is 2. The van der Waals surface area contributed by atoms with Crippen LogP contribution in [0.4, 0.5) is 22.0 Å². The van der Waals surface area contributed by atoms with Gasteiger partial charge in [0.15, 0.2) is 6.29 Å². The van der Waals surface area contributed by atoms with Gasteiger partial charge >= 0.3 is 6.18 Å². The van der Waals surface area contributed by atoms with E-state index in [-0.39, 0.29) is 10.8 Å². The summed E-state index contributed by atoms with van der Waals surface area (Å²) in [5.41, 5.74) is -0.957. The molecule has 1 saturated heterocycles. The van der Waals surface area contributed by atoms with Gasteiger partial charge in [0.1, 0.15) is 17.2 Å². The first kappa shape index (κ1) is 25.7. The van der Waals surface area contributed by atoms with Crippen molar-refractivity contribution in [2.75, 3.05) is 13.2 Å². The molecule has 1 aliphatic rings. The van der Waals surface area contributed by atoms with Gasteiger partial charge in [-0.25, -0.2) is 8.78 Å². The van der Waals surface area contributed by atoms with Gasteiger partial charge in [-0.15, -0.1) is 11.8 Å². The Morgan fingerprint density at radius 1 is 1.09 bits per heavy atom. The number of alkyl halides is 3. The molecule has 2 unspecified atom stereocenters. The molecule has 2 aromatic carbocycles. The lowest BCUT2D eigenvalue weighted by Crippen LogP contribution is -2.39. The standard InChI is InChI=1S/C24H25F5O3S/c1-14(10-16-4-6-17(7-5-16)24(27,28)29)22-31-12-19(13-32-22)33-15(2)23(3,30)20-9-8-18(25)11-21(20)26/h4-11,15,19,22,30H,12-13H2,1-3H3/b14-10-. The van der Waals surface area contributed by atoms with Gasteiger partial charge in [0, 0.05) is 16.9 Å². The number of ether oxygens (including phenoxy) is 2. The fraction of sp³-hybridized carbons (Fsp3) is 0.417. The summed E-state index contributed by atoms with van der Waals surface area (Å²) in [5.74, 6) is -1.53. The van der Waals surface area contributed by atoms with Crippen molar-refractivity contribution in [3.63, 3.8) is 0 Å². The fourth-order valence-electron chi connectivity index (χ4n) is 3.47. The Morgan fingerprint density at radius 2 is 1.70 bits per heavy atom. The smallest absolute Gasteiger partial charge is 0.384 e. The molecule has 0 spiro atoms. The van der Waals surface area contributed by atoms with Crippen LogP contribution in [0.25, 0.3) is 6.08 Å². The van der Waals surface area contributed by atoms with E-state index >= 15 is 0 Å². The molecule has 1 N–H and O–H groups in total. The van der Waals surface area contributed by atoms with Crippen molar-refractivity contribution in [2.45, 2.75) is 49.3 Å². The molecule has 1 heterocycles. The zero-order valence-electron chi connectivity index (χ0n) is 18.3. The number of aliphatic hydroxyl groups is 1. The number of halogens is 5. The van der Waals surface area contributed by atoms with Crippen LogP contribution in [0, 0.1) is 11.6 Å². The van der Waals surface area contributed by atoms with Crippen molar-refractivity contribution >= 4 is 17.8 Å². The van der Waals surface area contributed by atoms with Crippen molar-refractivity contribution in [2.24, 2.45) is 0 Å². The van der Waals surface area contributed by atoms with Crippen LogP contribution < -0.4 is 0 Å². The maximum absolute atomic E-state index is 14.2. The molecule has 180 valence electrons. The number of hydrogen-bond donors (Lipinski definition) is 1. The van der Waals surface area contributed by atoms with Crippen LogP contribution in [0.15, 0.2) is 48.0 Å². The first-order valence-corrected chi connectivity index (χ1v) is 11.2. The lowest BCUT2D eigenvalue weighted by molar-refractivity contribution is -0.152. The van der Waals surface area contributed by atoms with E-state index in [1.807, 2.05) is 0 Å². The maximum atomic E-state index is 14.2. The molecule has 3 rings (SSSR count). The van der Waals surface area contributed by atoms with Gasteiger partial charge in [-0.05, 0) is 43.2 Å². The predicted molar refractivity (Wildman–Crippen MR) is 118 cm³/mol. The van der Waals surface area contributed by atoms with E-state index in [1.165, 1.54) is 36.9 Å². The van der Waals surface area contributed by atoms with Crippen molar-refractivity contribution in [3.05, 3.63) is 76.4 Å². The van der Waals surface area contributed by atoms with Crippen molar-refractivity contribution in [1.82, 2.24) is 0 Å². The predicted octanol–water partition coefficient (Wildman–Crippen LogP) is 6.16. The first-order valence-electron chi connectivity index (χ1n) is 10.3. The van der Waals surface area contributed by atoms with Gasteiger partial charge < -0.3 is 14.6 Å². The van der Waals surface area contributed by atoms with Gasteiger partial charge in [-0.2, -0.15) is 13.2 Å². The first-order chi connectivity index (χ1) is 15.4. The highest BCUT2D eigenvalue weighted by Gasteiger charge is 2.36. The molecule has 0 radical (unpaired) electrons. The average molecular weight is 489 g/mol. The summed E-state index contributed by atoms with van der Waals surface area (Å²) < 4.78 is 77.0. The van der Waals surface area contributed by atoms with Crippen LogP contribution in [-0.4, -0.2) is 35.1 Å². The molecule has 2 aromatic rings. The van der Waals surface area contributed by atoms with Crippen molar-refractivity contribution in [3.8, 4) is 0 Å². The van der Waals surface area contributed by atoms with Crippen LogP contribution in [0.1, 0.15) is 37.5 Å². The highest BCUT2D eigenvalue weighted by atomic mass is 32.2. The minimum absolute atomic E-state index is 0.00902. The molecule has 0 aliphatic carbocycles. The van der Waals surface area contributed by atoms with E-state index in [4.69, 9.17) is 9.47 Å². The minimum Gasteiger partial charge on any atom is -0.384 e. The van der Waals surface area contributed by atoms with E-state index in [2.05, 4.69) is 0 Å². The molecule has 0 saturated carbocycles. The maximum Gasteiger partial charge on any atom is 0.416 e. The second-order valence-corrected chi connectivity index (χ2v) is 9.82. The quantitative estimate of drug-likeness (QED) is 0.495. The normalized spacial score (nSPS) is 22.6. The molecular weight excluding hydrogens is 463 g/mol. The molecule has 1 aliphatic heterocycles. The Balaban J connectivity index is 1.57. The van der Waals surface area contributed by atoms with Crippen molar-refractivity contribution < 1.29 is 36.5 Å². The largest absolute Gasteiger partial charge is 0.416 e.